The minimum Gasteiger partial charge on any atom is -0.487 e. The summed E-state index contributed by atoms with van der Waals surface area (Å²) in [6.45, 7) is -0.537. The molecule has 0 saturated heterocycles. The van der Waals surface area contributed by atoms with Gasteiger partial charge < -0.3 is 24.7 Å². The van der Waals surface area contributed by atoms with Gasteiger partial charge in [-0.3, -0.25) is 4.79 Å². The molecule has 1 saturated carbocycles. The van der Waals surface area contributed by atoms with E-state index in [1.54, 1.807) is 37.4 Å². The second-order valence-corrected chi connectivity index (χ2v) is 9.16. The molecule has 11 heteroatoms. The average molecular weight is 527 g/mol. The van der Waals surface area contributed by atoms with Gasteiger partial charge in [0.05, 0.1) is 18.8 Å². The van der Waals surface area contributed by atoms with Crippen LogP contribution in [0.25, 0.3) is 0 Å². The Balaban J connectivity index is 1.75. The number of hydrogen-bond acceptors (Lipinski definition) is 7. The molecule has 0 heterocycles. The molecule has 206 valence electrons. The zero-order chi connectivity index (χ0) is 27.3. The summed E-state index contributed by atoms with van der Waals surface area (Å²) in [7, 11) is 1.63. The number of carbonyl (C=O) groups is 1. The van der Waals surface area contributed by atoms with E-state index in [9.17, 15) is 33.9 Å². The predicted octanol–water partition coefficient (Wildman–Crippen LogP) is 3.79. The van der Waals surface area contributed by atoms with Crippen molar-refractivity contribution in [2.45, 2.75) is 56.7 Å². The number of halogens is 2. The van der Waals surface area contributed by atoms with Gasteiger partial charge in [0.15, 0.2) is 6.61 Å². The molecule has 9 nitrogen and oxygen atoms in total. The quantitative estimate of drug-likeness (QED) is 0.145. The lowest BCUT2D eigenvalue weighted by atomic mass is 9.89. The Labute approximate surface area is 215 Å². The monoisotopic (exact) mass is 526 g/mol. The number of amides is 1. The van der Waals surface area contributed by atoms with Crippen molar-refractivity contribution >= 4 is 5.91 Å². The van der Waals surface area contributed by atoms with Gasteiger partial charge in [0.25, 0.3) is 11.0 Å². The first-order valence-corrected chi connectivity index (χ1v) is 12.4. The van der Waals surface area contributed by atoms with Crippen molar-refractivity contribution in [2.75, 3.05) is 26.8 Å². The molecule has 1 aromatic rings. The number of hydrogen-bond donors (Lipinski definition) is 2. The molecule has 0 radical (unpaired) electrons. The Morgan fingerprint density at radius 2 is 1.95 bits per heavy atom. The summed E-state index contributed by atoms with van der Waals surface area (Å²) < 4.78 is 33.8. The van der Waals surface area contributed by atoms with Gasteiger partial charge in [-0.1, -0.05) is 36.4 Å². The van der Waals surface area contributed by atoms with E-state index in [0.717, 1.165) is 6.08 Å². The van der Waals surface area contributed by atoms with Crippen LogP contribution in [0.1, 0.15) is 38.5 Å². The highest BCUT2D eigenvalue weighted by atomic mass is 19.3. The van der Waals surface area contributed by atoms with E-state index >= 15 is 0 Å². The smallest absolute Gasteiger partial charge is 0.299 e. The summed E-state index contributed by atoms with van der Waals surface area (Å²) in [6, 6.07) is 8.31. The Kier molecular flexibility index (Phi) is 12.4. The van der Waals surface area contributed by atoms with Crippen molar-refractivity contribution in [3.05, 3.63) is 64.8 Å². The van der Waals surface area contributed by atoms with E-state index in [0.29, 0.717) is 44.4 Å². The van der Waals surface area contributed by atoms with Gasteiger partial charge in [0.1, 0.15) is 5.75 Å². The predicted molar refractivity (Wildman–Crippen MR) is 132 cm³/mol. The molecule has 2 rings (SSSR count). The minimum atomic E-state index is -3.23. The first-order valence-electron chi connectivity index (χ1n) is 12.4. The molecule has 1 aliphatic carbocycles. The SMILES string of the molecule is CN(CCCO[N+](=O)[O-])C(=O)CCC/C=C\C[C@@H]1[C@@H](/C=C/C(F)(F)COc2ccccc2)[C@H](O)C[C@@H]1O. The number of benzene rings is 1. The standard InChI is InChI=1S/C26H36F2N2O7/c1-29(16-9-17-37-30(34)35)25(33)13-8-3-2-7-12-21-22(24(32)18-23(21)31)14-15-26(27,28)19-36-20-10-5-4-6-11-20/h2,4-7,10-11,14-15,21-24,31-32H,3,8-9,12-13,16-19H2,1H3/b7-2-,15-14+/t21-,22-,23+,24-/m1/s1. The van der Waals surface area contributed by atoms with Crippen molar-refractivity contribution in [1.82, 2.24) is 4.90 Å². The fourth-order valence-corrected chi connectivity index (χ4v) is 4.20. The highest BCUT2D eigenvalue weighted by Gasteiger charge is 2.40. The molecule has 1 fully saturated rings. The van der Waals surface area contributed by atoms with Crippen LogP contribution in [-0.2, 0) is 9.63 Å². The molecular weight excluding hydrogens is 490 g/mol. The fraction of sp³-hybridized carbons (Fsp3) is 0.577. The van der Waals surface area contributed by atoms with Crippen LogP contribution in [0, 0.1) is 22.0 Å². The molecule has 37 heavy (non-hydrogen) atoms. The number of allylic oxidation sites excluding steroid dienone is 2. The molecule has 0 spiro atoms. The third kappa shape index (κ3) is 11.3. The van der Waals surface area contributed by atoms with Crippen LogP contribution in [0.2, 0.25) is 0 Å². The van der Waals surface area contributed by atoms with Crippen LogP contribution in [-0.4, -0.2) is 71.0 Å². The second kappa shape index (κ2) is 15.3. The van der Waals surface area contributed by atoms with E-state index in [1.165, 1.54) is 11.0 Å². The summed E-state index contributed by atoms with van der Waals surface area (Å²) in [6.07, 6.45) is 6.42. The molecule has 0 aliphatic heterocycles. The van der Waals surface area contributed by atoms with Crippen LogP contribution < -0.4 is 4.74 Å². The first-order chi connectivity index (χ1) is 17.6. The Morgan fingerprint density at radius 3 is 2.65 bits per heavy atom. The van der Waals surface area contributed by atoms with E-state index in [4.69, 9.17) is 4.74 Å². The number of para-hydroxylation sites is 1. The van der Waals surface area contributed by atoms with Gasteiger partial charge in [0, 0.05) is 32.4 Å². The fourth-order valence-electron chi connectivity index (χ4n) is 4.20. The van der Waals surface area contributed by atoms with Crippen LogP contribution >= 0.6 is 0 Å². The number of unbranched alkanes of at least 4 members (excludes halogenated alkanes) is 1. The third-order valence-electron chi connectivity index (χ3n) is 6.25. The maximum absolute atomic E-state index is 14.3. The van der Waals surface area contributed by atoms with Gasteiger partial charge >= 0.3 is 0 Å². The number of nitrogens with zero attached hydrogens (tertiary/aromatic N) is 2. The van der Waals surface area contributed by atoms with Gasteiger partial charge in [-0.15, -0.1) is 10.1 Å². The molecule has 0 unspecified atom stereocenters. The van der Waals surface area contributed by atoms with Crippen LogP contribution in [0.15, 0.2) is 54.6 Å². The van der Waals surface area contributed by atoms with Crippen molar-refractivity contribution in [2.24, 2.45) is 11.8 Å². The lowest BCUT2D eigenvalue weighted by molar-refractivity contribution is -0.757. The van der Waals surface area contributed by atoms with E-state index in [-0.39, 0.29) is 18.9 Å². The van der Waals surface area contributed by atoms with Crippen molar-refractivity contribution in [1.29, 1.82) is 0 Å². The van der Waals surface area contributed by atoms with Gasteiger partial charge in [-0.05, 0) is 49.8 Å². The second-order valence-electron chi connectivity index (χ2n) is 9.16. The molecule has 1 aromatic carbocycles. The van der Waals surface area contributed by atoms with Crippen LogP contribution in [0.4, 0.5) is 8.78 Å². The number of rotatable bonds is 16. The molecule has 2 N–H and O–H groups in total. The van der Waals surface area contributed by atoms with Gasteiger partial charge in [-0.2, -0.15) is 8.78 Å². The normalized spacial score (nSPS) is 22.0. The maximum atomic E-state index is 14.3. The molecule has 4 atom stereocenters. The highest BCUT2D eigenvalue weighted by molar-refractivity contribution is 5.75. The molecule has 0 bridgehead atoms. The number of aliphatic hydroxyl groups is 2. The average Bonchev–Trinajstić information content (AvgIpc) is 3.13. The van der Waals surface area contributed by atoms with Crippen molar-refractivity contribution in [3.63, 3.8) is 0 Å². The number of ether oxygens (including phenoxy) is 1. The number of alkyl halides is 2. The maximum Gasteiger partial charge on any atom is 0.299 e. The Morgan fingerprint density at radius 1 is 1.22 bits per heavy atom. The lowest BCUT2D eigenvalue weighted by Crippen LogP contribution is -2.28. The molecule has 1 amide bonds. The van der Waals surface area contributed by atoms with E-state index < -0.39 is 41.7 Å². The molecular formula is C26H36F2N2O7. The summed E-state index contributed by atoms with van der Waals surface area (Å²) in [4.78, 5) is 27.9. The van der Waals surface area contributed by atoms with Crippen LogP contribution in [0.5, 0.6) is 5.75 Å². The summed E-state index contributed by atoms with van der Waals surface area (Å²) in [5.41, 5.74) is 0. The molecule has 0 aromatic heterocycles. The largest absolute Gasteiger partial charge is 0.487 e. The highest BCUT2D eigenvalue weighted by Crippen LogP contribution is 2.37. The summed E-state index contributed by atoms with van der Waals surface area (Å²) in [5, 5.41) is 29.9. The third-order valence-corrected chi connectivity index (χ3v) is 6.25. The summed E-state index contributed by atoms with van der Waals surface area (Å²) in [5.74, 6) is -3.99. The van der Waals surface area contributed by atoms with Gasteiger partial charge in [-0.25, -0.2) is 0 Å². The first kappa shape index (κ1) is 30.2. The van der Waals surface area contributed by atoms with Crippen LogP contribution in [0.3, 0.4) is 0 Å². The molecule has 1 aliphatic rings. The summed E-state index contributed by atoms with van der Waals surface area (Å²) >= 11 is 0. The van der Waals surface area contributed by atoms with Crippen molar-refractivity contribution < 1.29 is 38.4 Å². The van der Waals surface area contributed by atoms with Gasteiger partial charge in [0.2, 0.25) is 5.91 Å². The lowest BCUT2D eigenvalue weighted by Gasteiger charge is -2.20. The zero-order valence-electron chi connectivity index (χ0n) is 21.0. The topological polar surface area (TPSA) is 122 Å². The Hall–Kier alpha value is -3.05. The number of aliphatic hydroxyl groups excluding tert-OH is 2. The minimum absolute atomic E-state index is 0.0651. The Bertz CT molecular complexity index is 898. The number of carbonyl (C=O) groups excluding carboxylic acids is 1. The van der Waals surface area contributed by atoms with E-state index in [1.807, 2.05) is 12.2 Å². The van der Waals surface area contributed by atoms with E-state index in [2.05, 4.69) is 4.84 Å². The van der Waals surface area contributed by atoms with Crippen molar-refractivity contribution in [3.8, 4) is 5.75 Å². The zero-order valence-corrected chi connectivity index (χ0v) is 21.0.